The standard InChI is InChI=1S/C23H25ClN4O/c1-15(18-7-3-5-9-20(18)24)25-22(29)17-11-13-28(14-12-17)23-26-16(2)19-8-4-6-10-21(19)27-23/h3-10,15,17H,11-14H2,1-2H3,(H,25,29)/t15-/m0/s1. The van der Waals surface area contributed by atoms with Gasteiger partial charge in [-0.15, -0.1) is 0 Å². The van der Waals surface area contributed by atoms with Gasteiger partial charge in [-0.2, -0.15) is 0 Å². The van der Waals surface area contributed by atoms with E-state index >= 15 is 0 Å². The molecule has 0 saturated carbocycles. The zero-order valence-corrected chi connectivity index (χ0v) is 17.5. The highest BCUT2D eigenvalue weighted by Crippen LogP contribution is 2.26. The van der Waals surface area contributed by atoms with E-state index in [0.29, 0.717) is 5.02 Å². The van der Waals surface area contributed by atoms with E-state index in [2.05, 4.69) is 10.2 Å². The molecule has 2 aromatic carbocycles. The Morgan fingerprint density at radius 3 is 2.55 bits per heavy atom. The van der Waals surface area contributed by atoms with Crippen LogP contribution in [0.15, 0.2) is 48.5 Å². The average molecular weight is 409 g/mol. The van der Waals surface area contributed by atoms with Crippen molar-refractivity contribution in [2.24, 2.45) is 5.92 Å². The van der Waals surface area contributed by atoms with Crippen molar-refractivity contribution in [2.75, 3.05) is 18.0 Å². The first-order valence-electron chi connectivity index (χ1n) is 10.1. The zero-order chi connectivity index (χ0) is 20.4. The Morgan fingerprint density at radius 2 is 1.79 bits per heavy atom. The number of hydrogen-bond acceptors (Lipinski definition) is 4. The summed E-state index contributed by atoms with van der Waals surface area (Å²) < 4.78 is 0. The summed E-state index contributed by atoms with van der Waals surface area (Å²) in [4.78, 5) is 24.4. The number of para-hydroxylation sites is 1. The molecule has 3 aromatic rings. The van der Waals surface area contributed by atoms with E-state index in [1.54, 1.807) is 0 Å². The molecule has 4 rings (SSSR count). The van der Waals surface area contributed by atoms with Crippen LogP contribution in [-0.2, 0) is 4.79 Å². The summed E-state index contributed by atoms with van der Waals surface area (Å²) in [5.74, 6) is 0.843. The van der Waals surface area contributed by atoms with E-state index in [4.69, 9.17) is 21.6 Å². The number of anilines is 1. The van der Waals surface area contributed by atoms with E-state index in [0.717, 1.165) is 54.0 Å². The van der Waals surface area contributed by atoms with E-state index in [1.165, 1.54) is 0 Å². The van der Waals surface area contributed by atoms with Gasteiger partial charge in [-0.05, 0) is 44.4 Å². The molecule has 2 heterocycles. The Kier molecular flexibility index (Phi) is 5.67. The highest BCUT2D eigenvalue weighted by Gasteiger charge is 2.27. The molecule has 0 unspecified atom stereocenters. The Labute approximate surface area is 176 Å². The fourth-order valence-corrected chi connectivity index (χ4v) is 4.24. The van der Waals surface area contributed by atoms with Crippen molar-refractivity contribution in [2.45, 2.75) is 32.7 Å². The molecule has 29 heavy (non-hydrogen) atoms. The van der Waals surface area contributed by atoms with Crippen molar-refractivity contribution in [3.05, 3.63) is 64.8 Å². The number of fused-ring (bicyclic) bond motifs is 1. The van der Waals surface area contributed by atoms with Crippen LogP contribution in [0.5, 0.6) is 0 Å². The van der Waals surface area contributed by atoms with Gasteiger partial charge in [0.25, 0.3) is 0 Å². The second-order valence-electron chi connectivity index (χ2n) is 7.64. The second-order valence-corrected chi connectivity index (χ2v) is 8.05. The van der Waals surface area contributed by atoms with Gasteiger partial charge < -0.3 is 10.2 Å². The highest BCUT2D eigenvalue weighted by atomic mass is 35.5. The molecule has 1 aromatic heterocycles. The van der Waals surface area contributed by atoms with Gasteiger partial charge in [0, 0.05) is 29.4 Å². The van der Waals surface area contributed by atoms with Crippen LogP contribution in [0, 0.1) is 12.8 Å². The summed E-state index contributed by atoms with van der Waals surface area (Å²) in [5, 5.41) is 4.88. The van der Waals surface area contributed by atoms with Crippen LogP contribution in [0.4, 0.5) is 5.95 Å². The number of piperidine rings is 1. The van der Waals surface area contributed by atoms with Crippen LogP contribution in [-0.4, -0.2) is 29.0 Å². The van der Waals surface area contributed by atoms with Gasteiger partial charge in [-0.1, -0.05) is 48.0 Å². The third-order valence-corrected chi connectivity index (χ3v) is 6.01. The number of nitrogens with zero attached hydrogens (tertiary/aromatic N) is 3. The van der Waals surface area contributed by atoms with Crippen molar-refractivity contribution in [3.8, 4) is 0 Å². The molecule has 1 N–H and O–H groups in total. The molecular formula is C23H25ClN4O. The summed E-state index contributed by atoms with van der Waals surface area (Å²) in [6, 6.07) is 15.6. The lowest BCUT2D eigenvalue weighted by atomic mass is 9.95. The molecule has 0 spiro atoms. The fraction of sp³-hybridized carbons (Fsp3) is 0.348. The van der Waals surface area contributed by atoms with Gasteiger partial charge in [-0.25, -0.2) is 9.97 Å². The van der Waals surface area contributed by atoms with Crippen LogP contribution in [0.25, 0.3) is 10.9 Å². The van der Waals surface area contributed by atoms with E-state index < -0.39 is 0 Å². The van der Waals surface area contributed by atoms with Crippen LogP contribution in [0.1, 0.15) is 37.1 Å². The number of aryl methyl sites for hydroxylation is 1. The van der Waals surface area contributed by atoms with Gasteiger partial charge in [-0.3, -0.25) is 4.79 Å². The number of amides is 1. The summed E-state index contributed by atoms with van der Waals surface area (Å²) in [6.45, 7) is 5.54. The summed E-state index contributed by atoms with van der Waals surface area (Å²) in [7, 11) is 0. The van der Waals surface area contributed by atoms with Gasteiger partial charge in [0.2, 0.25) is 11.9 Å². The lowest BCUT2D eigenvalue weighted by molar-refractivity contribution is -0.126. The molecule has 0 bridgehead atoms. The van der Waals surface area contributed by atoms with Gasteiger partial charge in [0.15, 0.2) is 0 Å². The maximum Gasteiger partial charge on any atom is 0.226 e. The molecule has 6 heteroatoms. The molecular weight excluding hydrogens is 384 g/mol. The first kappa shape index (κ1) is 19.6. The van der Waals surface area contributed by atoms with Crippen molar-refractivity contribution in [3.63, 3.8) is 0 Å². The maximum absolute atomic E-state index is 12.8. The largest absolute Gasteiger partial charge is 0.349 e. The predicted molar refractivity (Wildman–Crippen MR) is 117 cm³/mol. The fourth-order valence-electron chi connectivity index (χ4n) is 3.94. The number of aromatic nitrogens is 2. The van der Waals surface area contributed by atoms with E-state index in [-0.39, 0.29) is 17.9 Å². The van der Waals surface area contributed by atoms with Crippen molar-refractivity contribution >= 4 is 34.4 Å². The lowest BCUT2D eigenvalue weighted by Gasteiger charge is -2.32. The molecule has 1 amide bonds. The lowest BCUT2D eigenvalue weighted by Crippen LogP contribution is -2.41. The Bertz CT molecular complexity index is 1030. The third kappa shape index (κ3) is 4.20. The molecule has 0 aliphatic carbocycles. The Morgan fingerprint density at radius 1 is 1.10 bits per heavy atom. The van der Waals surface area contributed by atoms with Crippen LogP contribution >= 0.6 is 11.6 Å². The first-order valence-corrected chi connectivity index (χ1v) is 10.4. The van der Waals surface area contributed by atoms with Gasteiger partial charge in [0.05, 0.1) is 17.3 Å². The molecule has 1 fully saturated rings. The highest BCUT2D eigenvalue weighted by molar-refractivity contribution is 6.31. The summed E-state index contributed by atoms with van der Waals surface area (Å²) in [6.07, 6.45) is 1.58. The van der Waals surface area contributed by atoms with Crippen LogP contribution in [0.3, 0.4) is 0 Å². The SMILES string of the molecule is Cc1nc(N2CCC(C(=O)N[C@@H](C)c3ccccc3Cl)CC2)nc2ccccc12. The number of nitrogens with one attached hydrogen (secondary N) is 1. The molecule has 1 saturated heterocycles. The molecule has 1 atom stereocenters. The van der Waals surface area contributed by atoms with E-state index in [9.17, 15) is 4.79 Å². The summed E-state index contributed by atoms with van der Waals surface area (Å²) >= 11 is 6.26. The number of halogens is 1. The molecule has 1 aliphatic rings. The smallest absolute Gasteiger partial charge is 0.226 e. The molecule has 5 nitrogen and oxygen atoms in total. The van der Waals surface area contributed by atoms with Crippen molar-refractivity contribution < 1.29 is 4.79 Å². The summed E-state index contributed by atoms with van der Waals surface area (Å²) in [5.41, 5.74) is 2.89. The minimum atomic E-state index is -0.110. The number of carbonyl (C=O) groups is 1. The Balaban J connectivity index is 1.39. The van der Waals surface area contributed by atoms with Crippen molar-refractivity contribution in [1.82, 2.24) is 15.3 Å². The van der Waals surface area contributed by atoms with Crippen LogP contribution in [0.2, 0.25) is 5.02 Å². The van der Waals surface area contributed by atoms with Gasteiger partial charge >= 0.3 is 0 Å². The average Bonchev–Trinajstić information content (AvgIpc) is 2.74. The van der Waals surface area contributed by atoms with E-state index in [1.807, 2.05) is 62.4 Å². The number of benzene rings is 2. The maximum atomic E-state index is 12.8. The van der Waals surface area contributed by atoms with Gasteiger partial charge in [0.1, 0.15) is 0 Å². The number of rotatable bonds is 4. The zero-order valence-electron chi connectivity index (χ0n) is 16.7. The number of carbonyl (C=O) groups excluding carboxylic acids is 1. The minimum Gasteiger partial charge on any atom is -0.349 e. The first-order chi connectivity index (χ1) is 14.0. The monoisotopic (exact) mass is 408 g/mol. The van der Waals surface area contributed by atoms with Crippen LogP contribution < -0.4 is 10.2 Å². The molecule has 150 valence electrons. The molecule has 1 aliphatic heterocycles. The topological polar surface area (TPSA) is 58.1 Å². The third-order valence-electron chi connectivity index (χ3n) is 5.66. The Hall–Kier alpha value is -2.66. The second kappa shape index (κ2) is 8.37. The normalized spacial score (nSPS) is 16.0. The number of hydrogen-bond donors (Lipinski definition) is 1. The molecule has 0 radical (unpaired) electrons. The minimum absolute atomic E-state index is 0.00209. The predicted octanol–water partition coefficient (Wildman–Crippen LogP) is 4.69. The van der Waals surface area contributed by atoms with Crippen molar-refractivity contribution in [1.29, 1.82) is 0 Å². The quantitative estimate of drug-likeness (QED) is 0.680.